The van der Waals surface area contributed by atoms with E-state index in [1.54, 1.807) is 0 Å². The van der Waals surface area contributed by atoms with Crippen LogP contribution in [0.1, 0.15) is 77.0 Å². The molecule has 0 spiro atoms. The van der Waals surface area contributed by atoms with Crippen molar-refractivity contribution in [3.05, 3.63) is 11.6 Å². The Bertz CT molecular complexity index is 466. The van der Waals surface area contributed by atoms with Crippen molar-refractivity contribution in [1.82, 2.24) is 20.1 Å². The molecule has 0 aromatic carbocycles. The third-order valence-electron chi connectivity index (χ3n) is 5.17. The maximum Gasteiger partial charge on any atom is 0.150 e. The lowest BCUT2D eigenvalue weighted by molar-refractivity contribution is 0.231. The lowest BCUT2D eigenvalue weighted by atomic mass is 9.85. The Balaban J connectivity index is 1.69. The first kappa shape index (κ1) is 15.0. The van der Waals surface area contributed by atoms with Gasteiger partial charge in [0, 0.05) is 19.5 Å². The van der Waals surface area contributed by atoms with Crippen molar-refractivity contribution in [2.75, 3.05) is 6.54 Å². The molecule has 0 bridgehead atoms. The highest BCUT2D eigenvalue weighted by molar-refractivity contribution is 5.08. The quantitative estimate of drug-likeness (QED) is 0.926. The number of aromatic nitrogens is 3. The summed E-state index contributed by atoms with van der Waals surface area (Å²) in [5.41, 5.74) is 0.186. The van der Waals surface area contributed by atoms with Crippen LogP contribution in [0.15, 0.2) is 0 Å². The Morgan fingerprint density at radius 3 is 2.62 bits per heavy atom. The number of nitrogens with one attached hydrogen (secondary N) is 1. The van der Waals surface area contributed by atoms with Crippen LogP contribution < -0.4 is 5.32 Å². The van der Waals surface area contributed by atoms with Crippen LogP contribution >= 0.6 is 0 Å². The van der Waals surface area contributed by atoms with Crippen LogP contribution in [0.25, 0.3) is 0 Å². The molecule has 1 aromatic rings. The second-order valence-corrected chi connectivity index (χ2v) is 7.92. The molecule has 1 atom stereocenters. The lowest BCUT2D eigenvalue weighted by Gasteiger charge is -2.34. The summed E-state index contributed by atoms with van der Waals surface area (Å²) in [5.74, 6) is 3.28. The highest BCUT2D eigenvalue weighted by Crippen LogP contribution is 2.34. The number of fused-ring (bicyclic) bond motifs is 1. The molecule has 0 amide bonds. The van der Waals surface area contributed by atoms with Gasteiger partial charge in [-0.1, -0.05) is 52.9 Å². The molecule has 4 heteroatoms. The summed E-state index contributed by atoms with van der Waals surface area (Å²) in [7, 11) is 0. The maximum absolute atomic E-state index is 4.52. The molecule has 1 aromatic heterocycles. The van der Waals surface area contributed by atoms with Gasteiger partial charge in [0.15, 0.2) is 5.82 Å². The molecule has 3 rings (SSSR count). The second kappa shape index (κ2) is 6.07. The average Bonchev–Trinajstić information content (AvgIpc) is 2.88. The number of aryl methyl sites for hydroxylation is 1. The van der Waals surface area contributed by atoms with E-state index in [9.17, 15) is 0 Å². The molecule has 4 nitrogen and oxygen atoms in total. The SMILES string of the molecule is CC(C)(C)C1NCCn2c(CCC3CCCCC3)nnc21. The fourth-order valence-corrected chi connectivity index (χ4v) is 3.91. The molecule has 1 fully saturated rings. The van der Waals surface area contributed by atoms with Crippen LogP contribution in [0.4, 0.5) is 0 Å². The van der Waals surface area contributed by atoms with Crippen molar-refractivity contribution >= 4 is 0 Å². The summed E-state index contributed by atoms with van der Waals surface area (Å²) < 4.78 is 2.38. The summed E-state index contributed by atoms with van der Waals surface area (Å²) in [4.78, 5) is 0. The van der Waals surface area contributed by atoms with E-state index in [1.165, 1.54) is 44.3 Å². The van der Waals surface area contributed by atoms with Crippen molar-refractivity contribution in [1.29, 1.82) is 0 Å². The Hall–Kier alpha value is -0.900. The Kier molecular flexibility index (Phi) is 4.34. The zero-order chi connectivity index (χ0) is 14.9. The summed E-state index contributed by atoms with van der Waals surface area (Å²) in [5, 5.41) is 12.6. The van der Waals surface area contributed by atoms with Gasteiger partial charge in [0.2, 0.25) is 0 Å². The minimum atomic E-state index is 0.186. The van der Waals surface area contributed by atoms with Crippen LogP contribution in [0.5, 0.6) is 0 Å². The van der Waals surface area contributed by atoms with E-state index in [4.69, 9.17) is 0 Å². The van der Waals surface area contributed by atoms with Crippen LogP contribution in [-0.2, 0) is 13.0 Å². The van der Waals surface area contributed by atoms with Crippen molar-refractivity contribution in [2.45, 2.75) is 78.3 Å². The first-order valence-corrected chi connectivity index (χ1v) is 8.71. The molecular weight excluding hydrogens is 260 g/mol. The number of hydrogen-bond acceptors (Lipinski definition) is 3. The summed E-state index contributed by atoms with van der Waals surface area (Å²) in [6, 6.07) is 0.321. The molecule has 0 radical (unpaired) electrons. The highest BCUT2D eigenvalue weighted by atomic mass is 15.3. The van der Waals surface area contributed by atoms with Crippen molar-refractivity contribution in [2.24, 2.45) is 11.3 Å². The van der Waals surface area contributed by atoms with Crippen LogP contribution in [0.3, 0.4) is 0 Å². The molecule has 1 aliphatic heterocycles. The van der Waals surface area contributed by atoms with E-state index in [2.05, 4.69) is 40.9 Å². The van der Waals surface area contributed by atoms with Gasteiger partial charge in [0.05, 0.1) is 6.04 Å². The minimum Gasteiger partial charge on any atom is -0.312 e. The fourth-order valence-electron chi connectivity index (χ4n) is 3.91. The van der Waals surface area contributed by atoms with Gasteiger partial charge in [-0.15, -0.1) is 10.2 Å². The average molecular weight is 290 g/mol. The third-order valence-corrected chi connectivity index (χ3v) is 5.17. The standard InChI is InChI=1S/C17H30N4/c1-17(2,3)15-16-20-19-14(21(16)12-11-18-15)10-9-13-7-5-4-6-8-13/h13,15,18H,4-12H2,1-3H3. The van der Waals surface area contributed by atoms with E-state index in [0.717, 1.165) is 31.3 Å². The Labute approximate surface area is 128 Å². The van der Waals surface area contributed by atoms with E-state index in [1.807, 2.05) is 0 Å². The predicted octanol–water partition coefficient (Wildman–Crippen LogP) is 3.48. The Morgan fingerprint density at radius 2 is 1.90 bits per heavy atom. The second-order valence-electron chi connectivity index (χ2n) is 7.92. The van der Waals surface area contributed by atoms with Gasteiger partial charge in [-0.2, -0.15) is 0 Å². The minimum absolute atomic E-state index is 0.186. The third kappa shape index (κ3) is 3.31. The molecular formula is C17H30N4. The van der Waals surface area contributed by atoms with E-state index in [0.29, 0.717) is 6.04 Å². The van der Waals surface area contributed by atoms with Gasteiger partial charge in [-0.05, 0) is 17.8 Å². The van der Waals surface area contributed by atoms with E-state index >= 15 is 0 Å². The van der Waals surface area contributed by atoms with Crippen molar-refractivity contribution in [3.63, 3.8) is 0 Å². The summed E-state index contributed by atoms with van der Waals surface area (Å²) in [6.45, 7) is 8.88. The first-order chi connectivity index (χ1) is 10.1. The van der Waals surface area contributed by atoms with Gasteiger partial charge in [-0.3, -0.25) is 0 Å². The molecule has 2 heterocycles. The number of rotatable bonds is 3. The molecule has 1 saturated carbocycles. The summed E-state index contributed by atoms with van der Waals surface area (Å²) >= 11 is 0. The molecule has 2 aliphatic rings. The zero-order valence-corrected chi connectivity index (χ0v) is 13.9. The monoisotopic (exact) mass is 290 g/mol. The van der Waals surface area contributed by atoms with Gasteiger partial charge in [0.25, 0.3) is 0 Å². The predicted molar refractivity (Wildman–Crippen MR) is 85.1 cm³/mol. The first-order valence-electron chi connectivity index (χ1n) is 8.71. The Morgan fingerprint density at radius 1 is 1.14 bits per heavy atom. The lowest BCUT2D eigenvalue weighted by Crippen LogP contribution is -2.41. The van der Waals surface area contributed by atoms with Crippen LogP contribution in [0, 0.1) is 11.3 Å². The van der Waals surface area contributed by atoms with Gasteiger partial charge >= 0.3 is 0 Å². The molecule has 1 aliphatic carbocycles. The van der Waals surface area contributed by atoms with Crippen molar-refractivity contribution in [3.8, 4) is 0 Å². The normalized spacial score (nSPS) is 24.0. The van der Waals surface area contributed by atoms with Gasteiger partial charge in [0.1, 0.15) is 5.82 Å². The molecule has 0 saturated heterocycles. The fraction of sp³-hybridized carbons (Fsp3) is 0.882. The highest BCUT2D eigenvalue weighted by Gasteiger charge is 2.33. The summed E-state index contributed by atoms with van der Waals surface area (Å²) in [6.07, 6.45) is 9.55. The van der Waals surface area contributed by atoms with Crippen molar-refractivity contribution < 1.29 is 0 Å². The van der Waals surface area contributed by atoms with Gasteiger partial charge < -0.3 is 9.88 Å². The van der Waals surface area contributed by atoms with E-state index < -0.39 is 0 Å². The maximum atomic E-state index is 4.52. The van der Waals surface area contributed by atoms with E-state index in [-0.39, 0.29) is 5.41 Å². The molecule has 1 N–H and O–H groups in total. The molecule has 118 valence electrons. The van der Waals surface area contributed by atoms with Crippen LogP contribution in [-0.4, -0.2) is 21.3 Å². The topological polar surface area (TPSA) is 42.7 Å². The zero-order valence-electron chi connectivity index (χ0n) is 13.9. The van der Waals surface area contributed by atoms with Crippen LogP contribution in [0.2, 0.25) is 0 Å². The molecule has 1 unspecified atom stereocenters. The molecule has 21 heavy (non-hydrogen) atoms. The number of hydrogen-bond donors (Lipinski definition) is 1. The van der Waals surface area contributed by atoms with Gasteiger partial charge in [-0.25, -0.2) is 0 Å². The largest absolute Gasteiger partial charge is 0.312 e. The number of nitrogens with zero attached hydrogens (tertiary/aromatic N) is 3. The smallest absolute Gasteiger partial charge is 0.150 e.